The minimum Gasteiger partial charge on any atom is -0.490 e. The Labute approximate surface area is 194 Å². The second kappa shape index (κ2) is 11.3. The summed E-state index contributed by atoms with van der Waals surface area (Å²) < 4.78 is 24.9. The zero-order chi connectivity index (χ0) is 23.0. The number of halogens is 1. The van der Waals surface area contributed by atoms with Crippen LogP contribution in [0.25, 0.3) is 0 Å². The van der Waals surface area contributed by atoms with Crippen molar-refractivity contribution in [3.8, 4) is 5.75 Å². The normalized spacial score (nSPS) is 18.2. The number of hydrogen-bond acceptors (Lipinski definition) is 5. The first-order valence-electron chi connectivity index (χ1n) is 11.7. The lowest BCUT2D eigenvalue weighted by Gasteiger charge is -2.34. The van der Waals surface area contributed by atoms with Crippen LogP contribution in [-0.2, 0) is 4.74 Å². The number of para-hydroxylation sites is 1. The number of carbonyl (C=O) groups is 2. The predicted octanol–water partition coefficient (Wildman–Crippen LogP) is 4.40. The van der Waals surface area contributed by atoms with Crippen LogP contribution < -0.4 is 4.74 Å². The lowest BCUT2D eigenvalue weighted by molar-refractivity contribution is 0.0176. The molecule has 33 heavy (non-hydrogen) atoms. The zero-order valence-corrected chi connectivity index (χ0v) is 18.8. The van der Waals surface area contributed by atoms with Gasteiger partial charge in [0.25, 0.3) is 0 Å². The van der Waals surface area contributed by atoms with E-state index in [1.54, 1.807) is 17.0 Å². The third-order valence-corrected chi connectivity index (χ3v) is 6.36. The van der Waals surface area contributed by atoms with Gasteiger partial charge in [0.1, 0.15) is 18.2 Å². The fourth-order valence-corrected chi connectivity index (χ4v) is 4.46. The molecule has 0 saturated carbocycles. The molecule has 2 saturated heterocycles. The molecule has 176 valence electrons. The number of ether oxygens (including phenoxy) is 2. The Bertz CT molecular complexity index is 908. The summed E-state index contributed by atoms with van der Waals surface area (Å²) in [6.07, 6.45) is 2.79. The second-order valence-electron chi connectivity index (χ2n) is 8.77. The van der Waals surface area contributed by atoms with E-state index < -0.39 is 6.10 Å². The van der Waals surface area contributed by atoms with Crippen molar-refractivity contribution >= 4 is 11.9 Å². The molecule has 0 radical (unpaired) electrons. The average molecular weight is 455 g/mol. The first-order chi connectivity index (χ1) is 16.1. The fourth-order valence-electron chi connectivity index (χ4n) is 4.46. The van der Waals surface area contributed by atoms with Gasteiger partial charge in [-0.05, 0) is 75.2 Å². The van der Waals surface area contributed by atoms with E-state index >= 15 is 0 Å². The largest absolute Gasteiger partial charge is 0.490 e. The molecule has 2 aromatic carbocycles. The summed E-state index contributed by atoms with van der Waals surface area (Å²) in [7, 11) is 0. The van der Waals surface area contributed by atoms with Crippen LogP contribution in [0.15, 0.2) is 54.6 Å². The third-order valence-electron chi connectivity index (χ3n) is 6.36. The molecule has 0 aromatic heterocycles. The summed E-state index contributed by atoms with van der Waals surface area (Å²) >= 11 is 0. The van der Waals surface area contributed by atoms with Crippen molar-refractivity contribution in [1.29, 1.82) is 0 Å². The number of Topliss-reactive ketones (excluding diaryl/α,β-unsaturated/α-hetero) is 1. The summed E-state index contributed by atoms with van der Waals surface area (Å²) in [5, 5.41) is 0. The van der Waals surface area contributed by atoms with Crippen LogP contribution in [-0.4, -0.2) is 67.1 Å². The third kappa shape index (κ3) is 6.54. The molecular formula is C26H31FN2O4. The van der Waals surface area contributed by atoms with E-state index in [1.165, 1.54) is 12.1 Å². The number of amides is 1. The second-order valence-corrected chi connectivity index (χ2v) is 8.77. The number of piperidine rings is 1. The maximum atomic E-state index is 13.2. The Hall–Kier alpha value is -2.93. The molecule has 0 bridgehead atoms. The van der Waals surface area contributed by atoms with Crippen LogP contribution >= 0.6 is 0 Å². The number of ketones is 1. The Morgan fingerprint density at radius 2 is 1.61 bits per heavy atom. The van der Waals surface area contributed by atoms with Crippen LogP contribution in [0, 0.1) is 11.7 Å². The smallest absolute Gasteiger partial charge is 0.410 e. The minimum atomic E-state index is -0.400. The number of nitrogens with zero attached hydrogens (tertiary/aromatic N) is 2. The summed E-state index contributed by atoms with van der Waals surface area (Å²) in [6, 6.07) is 15.3. The SMILES string of the molecule is O=C(c1ccc(F)cc1)C1CCN(CC(COc2ccccc2)OC(=O)N2CCCC2)CC1. The Morgan fingerprint density at radius 3 is 2.27 bits per heavy atom. The van der Waals surface area contributed by atoms with Gasteiger partial charge in [-0.15, -0.1) is 0 Å². The monoisotopic (exact) mass is 454 g/mol. The van der Waals surface area contributed by atoms with E-state index in [0.717, 1.165) is 57.6 Å². The number of carbonyl (C=O) groups excluding carboxylic acids is 2. The standard InChI is InChI=1S/C26H31FN2O4/c27-22-10-8-20(9-11-22)25(30)21-12-16-28(17-13-21)18-24(19-32-23-6-2-1-3-7-23)33-26(31)29-14-4-5-15-29/h1-3,6-11,21,24H,4-5,12-19H2. The number of hydrogen-bond donors (Lipinski definition) is 0. The maximum Gasteiger partial charge on any atom is 0.410 e. The predicted molar refractivity (Wildman–Crippen MR) is 123 cm³/mol. The van der Waals surface area contributed by atoms with Crippen LogP contribution in [0.5, 0.6) is 5.75 Å². The van der Waals surface area contributed by atoms with E-state index in [2.05, 4.69) is 4.90 Å². The Kier molecular flexibility index (Phi) is 7.94. The molecule has 1 amide bonds. The van der Waals surface area contributed by atoms with E-state index in [1.807, 2.05) is 30.3 Å². The fraction of sp³-hybridized carbons (Fsp3) is 0.462. The summed E-state index contributed by atoms with van der Waals surface area (Å²) in [5.74, 6) is 0.397. The lowest BCUT2D eigenvalue weighted by Crippen LogP contribution is -2.45. The Balaban J connectivity index is 1.31. The highest BCUT2D eigenvalue weighted by atomic mass is 19.1. The lowest BCUT2D eigenvalue weighted by atomic mass is 9.89. The summed E-state index contributed by atoms with van der Waals surface area (Å²) in [6.45, 7) is 3.79. The highest BCUT2D eigenvalue weighted by Crippen LogP contribution is 2.23. The van der Waals surface area contributed by atoms with Gasteiger partial charge >= 0.3 is 6.09 Å². The van der Waals surface area contributed by atoms with Crippen molar-refractivity contribution in [2.24, 2.45) is 5.92 Å². The quantitative estimate of drug-likeness (QED) is 0.554. The highest BCUT2D eigenvalue weighted by Gasteiger charge is 2.29. The molecule has 7 heteroatoms. The van der Waals surface area contributed by atoms with Gasteiger partial charge in [0.2, 0.25) is 0 Å². The Morgan fingerprint density at radius 1 is 0.939 bits per heavy atom. The number of rotatable bonds is 8. The first-order valence-corrected chi connectivity index (χ1v) is 11.7. The van der Waals surface area contributed by atoms with Gasteiger partial charge in [0, 0.05) is 31.1 Å². The van der Waals surface area contributed by atoms with Crippen molar-refractivity contribution in [2.45, 2.75) is 31.8 Å². The van der Waals surface area contributed by atoms with E-state index in [4.69, 9.17) is 9.47 Å². The van der Waals surface area contributed by atoms with Crippen LogP contribution in [0.4, 0.5) is 9.18 Å². The molecule has 0 N–H and O–H groups in total. The maximum absolute atomic E-state index is 13.2. The van der Waals surface area contributed by atoms with Crippen molar-refractivity contribution < 1.29 is 23.5 Å². The summed E-state index contributed by atoms with van der Waals surface area (Å²) in [5.41, 5.74) is 0.559. The average Bonchev–Trinajstić information content (AvgIpc) is 3.39. The molecule has 2 aromatic rings. The highest BCUT2D eigenvalue weighted by molar-refractivity contribution is 5.97. The van der Waals surface area contributed by atoms with Crippen LogP contribution in [0.3, 0.4) is 0 Å². The molecule has 2 heterocycles. The molecule has 0 aliphatic carbocycles. The molecule has 1 atom stereocenters. The summed E-state index contributed by atoms with van der Waals surface area (Å²) in [4.78, 5) is 29.3. The molecule has 1 unspecified atom stereocenters. The van der Waals surface area contributed by atoms with Gasteiger partial charge in [-0.3, -0.25) is 9.69 Å². The zero-order valence-electron chi connectivity index (χ0n) is 18.8. The molecule has 4 rings (SSSR count). The van der Waals surface area contributed by atoms with E-state index in [-0.39, 0.29) is 30.2 Å². The molecule has 2 aliphatic heterocycles. The van der Waals surface area contributed by atoms with Crippen molar-refractivity contribution in [2.75, 3.05) is 39.3 Å². The molecule has 2 aliphatic rings. The molecule has 0 spiro atoms. The first kappa shape index (κ1) is 23.2. The molecule has 2 fully saturated rings. The van der Waals surface area contributed by atoms with E-state index in [9.17, 15) is 14.0 Å². The van der Waals surface area contributed by atoms with E-state index in [0.29, 0.717) is 12.1 Å². The minimum absolute atomic E-state index is 0.0686. The van der Waals surface area contributed by atoms with Gasteiger partial charge in [0.05, 0.1) is 0 Å². The van der Waals surface area contributed by atoms with Crippen molar-refractivity contribution in [3.63, 3.8) is 0 Å². The molecular weight excluding hydrogens is 423 g/mol. The topological polar surface area (TPSA) is 59.1 Å². The van der Waals surface area contributed by atoms with Crippen molar-refractivity contribution in [3.05, 3.63) is 66.0 Å². The van der Waals surface area contributed by atoms with Gasteiger partial charge in [-0.2, -0.15) is 0 Å². The van der Waals surface area contributed by atoms with Gasteiger partial charge in [-0.1, -0.05) is 18.2 Å². The van der Waals surface area contributed by atoms with Gasteiger partial charge < -0.3 is 14.4 Å². The van der Waals surface area contributed by atoms with Crippen molar-refractivity contribution in [1.82, 2.24) is 9.80 Å². The van der Waals surface area contributed by atoms with Crippen LogP contribution in [0.2, 0.25) is 0 Å². The molecule has 6 nitrogen and oxygen atoms in total. The van der Waals surface area contributed by atoms with Gasteiger partial charge in [-0.25, -0.2) is 9.18 Å². The van der Waals surface area contributed by atoms with Gasteiger partial charge in [0.15, 0.2) is 11.9 Å². The number of likely N-dealkylation sites (tertiary alicyclic amines) is 2. The van der Waals surface area contributed by atoms with Crippen LogP contribution in [0.1, 0.15) is 36.0 Å². The number of benzene rings is 2.